The van der Waals surface area contributed by atoms with Crippen molar-refractivity contribution >= 4 is 17.5 Å². The molecule has 1 aromatic heterocycles. The number of nitrogens with one attached hydrogen (secondary N) is 1. The Balaban J connectivity index is 1.37. The van der Waals surface area contributed by atoms with Crippen LogP contribution in [0.25, 0.3) is 5.69 Å². The molecule has 1 atom stereocenters. The van der Waals surface area contributed by atoms with Crippen LogP contribution in [-0.4, -0.2) is 45.3 Å². The molecule has 9 heteroatoms. The first-order chi connectivity index (χ1) is 14.9. The normalized spacial score (nSPS) is 15.9. The zero-order valence-electron chi connectivity index (χ0n) is 17.3. The van der Waals surface area contributed by atoms with Gasteiger partial charge in [0.25, 0.3) is 0 Å². The Bertz CT molecular complexity index is 1080. The Hall–Kier alpha value is -3.49. The number of nitrogens with zero attached hydrogens (tertiary/aromatic N) is 4. The molecule has 4 rings (SSSR count). The van der Waals surface area contributed by atoms with Crippen LogP contribution in [0.2, 0.25) is 0 Å². The first-order valence-electron chi connectivity index (χ1n) is 10.0. The molecule has 0 aliphatic carbocycles. The molecule has 7 nitrogen and oxygen atoms in total. The first kappa shape index (κ1) is 20.8. The van der Waals surface area contributed by atoms with Gasteiger partial charge in [-0.25, -0.2) is 13.5 Å². The lowest BCUT2D eigenvalue weighted by Crippen LogP contribution is -2.26. The molecule has 3 aromatic rings. The highest BCUT2D eigenvalue weighted by molar-refractivity contribution is 5.73. The van der Waals surface area contributed by atoms with Gasteiger partial charge < -0.3 is 15.0 Å². The van der Waals surface area contributed by atoms with Crippen molar-refractivity contribution in [1.29, 1.82) is 0 Å². The zero-order chi connectivity index (χ0) is 22.0. The van der Waals surface area contributed by atoms with Gasteiger partial charge in [0.1, 0.15) is 23.7 Å². The van der Waals surface area contributed by atoms with Crippen LogP contribution in [0.1, 0.15) is 18.9 Å². The summed E-state index contributed by atoms with van der Waals surface area (Å²) in [5.74, 6) is 0.152. The van der Waals surface area contributed by atoms with Crippen LogP contribution in [-0.2, 0) is 4.79 Å². The molecule has 1 N–H and O–H groups in total. The third-order valence-corrected chi connectivity index (χ3v) is 5.24. The van der Waals surface area contributed by atoms with Crippen LogP contribution >= 0.6 is 0 Å². The van der Waals surface area contributed by atoms with Gasteiger partial charge >= 0.3 is 0 Å². The number of hydrogen-bond acceptors (Lipinski definition) is 5. The fraction of sp³-hybridized carbons (Fsp3) is 0.318. The number of hydrogen-bond donors (Lipinski definition) is 1. The molecule has 1 amide bonds. The molecule has 1 aliphatic heterocycles. The van der Waals surface area contributed by atoms with Crippen molar-refractivity contribution in [3.63, 3.8) is 0 Å². The monoisotopic (exact) mass is 427 g/mol. The van der Waals surface area contributed by atoms with Gasteiger partial charge in [-0.15, -0.1) is 5.10 Å². The third kappa shape index (κ3) is 4.99. The summed E-state index contributed by atoms with van der Waals surface area (Å²) >= 11 is 0. The Morgan fingerprint density at radius 1 is 1.23 bits per heavy atom. The second-order valence-corrected chi connectivity index (χ2v) is 7.68. The van der Waals surface area contributed by atoms with E-state index in [-0.39, 0.29) is 11.6 Å². The van der Waals surface area contributed by atoms with E-state index in [0.29, 0.717) is 18.5 Å². The van der Waals surface area contributed by atoms with Crippen LogP contribution in [0, 0.1) is 24.5 Å². The van der Waals surface area contributed by atoms with E-state index in [2.05, 4.69) is 15.4 Å². The van der Waals surface area contributed by atoms with Crippen LogP contribution in [0.4, 0.5) is 20.4 Å². The van der Waals surface area contributed by atoms with E-state index in [1.54, 1.807) is 6.92 Å². The molecule has 2 heterocycles. The Morgan fingerprint density at radius 3 is 2.68 bits per heavy atom. The van der Waals surface area contributed by atoms with Gasteiger partial charge in [-0.3, -0.25) is 4.79 Å². The molecular weight excluding hydrogens is 404 g/mol. The van der Waals surface area contributed by atoms with Gasteiger partial charge in [-0.1, -0.05) is 0 Å². The van der Waals surface area contributed by atoms with Crippen molar-refractivity contribution in [1.82, 2.24) is 19.7 Å². The summed E-state index contributed by atoms with van der Waals surface area (Å²) < 4.78 is 34.1. The minimum Gasteiger partial charge on any atom is -0.493 e. The number of benzene rings is 2. The summed E-state index contributed by atoms with van der Waals surface area (Å²) in [7, 11) is 0. The highest BCUT2D eigenvalue weighted by Gasteiger charge is 2.24. The number of carbonyl (C=O) groups is 1. The molecule has 1 saturated heterocycles. The van der Waals surface area contributed by atoms with Crippen LogP contribution < -0.4 is 10.1 Å². The Labute approximate surface area is 178 Å². The fourth-order valence-corrected chi connectivity index (χ4v) is 3.60. The van der Waals surface area contributed by atoms with Crippen LogP contribution in [0.15, 0.2) is 42.7 Å². The topological polar surface area (TPSA) is 72.3 Å². The van der Waals surface area contributed by atoms with Crippen LogP contribution in [0.3, 0.4) is 0 Å². The van der Waals surface area contributed by atoms with Gasteiger partial charge in [0.2, 0.25) is 11.9 Å². The minimum absolute atomic E-state index is 0.104. The second-order valence-electron chi connectivity index (χ2n) is 7.68. The Kier molecular flexibility index (Phi) is 5.83. The summed E-state index contributed by atoms with van der Waals surface area (Å²) in [6.07, 6.45) is 2.33. The molecule has 1 aliphatic rings. The van der Waals surface area contributed by atoms with E-state index in [9.17, 15) is 13.6 Å². The summed E-state index contributed by atoms with van der Waals surface area (Å²) in [6.45, 7) is 5.62. The van der Waals surface area contributed by atoms with E-state index >= 15 is 0 Å². The molecule has 31 heavy (non-hydrogen) atoms. The number of anilines is 2. The largest absolute Gasteiger partial charge is 0.493 e. The predicted molar refractivity (Wildman–Crippen MR) is 112 cm³/mol. The molecule has 162 valence electrons. The van der Waals surface area contributed by atoms with Crippen molar-refractivity contribution in [2.75, 3.05) is 25.0 Å². The molecule has 1 fully saturated rings. The quantitative estimate of drug-likeness (QED) is 0.647. The zero-order valence-corrected chi connectivity index (χ0v) is 17.3. The number of likely N-dealkylation sites (tertiary alicyclic amines) is 1. The number of aryl methyl sites for hydroxylation is 1. The molecule has 0 radical (unpaired) electrons. The molecule has 0 bridgehead atoms. The third-order valence-electron chi connectivity index (χ3n) is 5.24. The standard InChI is InChI=1S/C22H23F2N5O2/c1-14-7-19(3-4-21(14)31-12-16-5-6-28(11-16)15(2)30)26-22-25-13-29(27-22)20-9-17(23)8-18(24)10-20/h3-4,7-10,13,16H,5-6,11-12H2,1-2H3,(H,26,27). The van der Waals surface area contributed by atoms with E-state index in [0.717, 1.165) is 42.6 Å². The fourth-order valence-electron chi connectivity index (χ4n) is 3.60. The number of ether oxygens (including phenoxy) is 1. The predicted octanol–water partition coefficient (Wildman–Crippen LogP) is 3.84. The van der Waals surface area contributed by atoms with Gasteiger partial charge in [-0.2, -0.15) is 4.98 Å². The molecule has 0 saturated carbocycles. The number of rotatable bonds is 6. The molecular formula is C22H23F2N5O2. The maximum Gasteiger partial charge on any atom is 0.246 e. The highest BCUT2D eigenvalue weighted by Crippen LogP contribution is 2.25. The number of carbonyl (C=O) groups excluding carboxylic acids is 1. The van der Waals surface area contributed by atoms with Crippen molar-refractivity contribution in [3.8, 4) is 11.4 Å². The van der Waals surface area contributed by atoms with E-state index < -0.39 is 11.6 Å². The van der Waals surface area contributed by atoms with E-state index in [1.165, 1.54) is 23.1 Å². The average molecular weight is 427 g/mol. The smallest absolute Gasteiger partial charge is 0.246 e. The van der Waals surface area contributed by atoms with E-state index in [1.807, 2.05) is 30.0 Å². The van der Waals surface area contributed by atoms with Gasteiger partial charge in [0.15, 0.2) is 0 Å². The highest BCUT2D eigenvalue weighted by atomic mass is 19.1. The lowest BCUT2D eigenvalue weighted by molar-refractivity contribution is -0.127. The maximum absolute atomic E-state index is 13.4. The number of halogens is 2. The summed E-state index contributed by atoms with van der Waals surface area (Å²) in [5.41, 5.74) is 1.95. The summed E-state index contributed by atoms with van der Waals surface area (Å²) in [5, 5.41) is 7.29. The molecule has 1 unspecified atom stereocenters. The summed E-state index contributed by atoms with van der Waals surface area (Å²) in [6, 6.07) is 8.79. The van der Waals surface area contributed by atoms with Crippen LogP contribution in [0.5, 0.6) is 5.75 Å². The van der Waals surface area contributed by atoms with Gasteiger partial charge in [0, 0.05) is 37.7 Å². The van der Waals surface area contributed by atoms with Crippen molar-refractivity contribution < 1.29 is 18.3 Å². The average Bonchev–Trinajstić information content (AvgIpc) is 3.36. The van der Waals surface area contributed by atoms with Crippen molar-refractivity contribution in [2.45, 2.75) is 20.3 Å². The van der Waals surface area contributed by atoms with Crippen molar-refractivity contribution in [2.24, 2.45) is 5.92 Å². The molecule has 2 aromatic carbocycles. The second kappa shape index (κ2) is 8.71. The van der Waals surface area contributed by atoms with Gasteiger partial charge in [-0.05, 0) is 49.2 Å². The maximum atomic E-state index is 13.4. The lowest BCUT2D eigenvalue weighted by Gasteiger charge is -2.16. The Morgan fingerprint density at radius 2 is 2.00 bits per heavy atom. The lowest BCUT2D eigenvalue weighted by atomic mass is 10.1. The number of amides is 1. The SMILES string of the molecule is CC(=O)N1CCC(COc2ccc(Nc3ncn(-c4cc(F)cc(F)c4)n3)cc2C)C1. The van der Waals surface area contributed by atoms with Gasteiger partial charge in [0.05, 0.1) is 12.3 Å². The first-order valence-corrected chi connectivity index (χ1v) is 10.0. The number of aromatic nitrogens is 3. The summed E-state index contributed by atoms with van der Waals surface area (Å²) in [4.78, 5) is 17.4. The molecule has 0 spiro atoms. The van der Waals surface area contributed by atoms with E-state index in [4.69, 9.17) is 4.74 Å². The van der Waals surface area contributed by atoms with Crippen molar-refractivity contribution in [3.05, 3.63) is 59.9 Å². The minimum atomic E-state index is -0.683.